The Kier molecular flexibility index (Phi) is 9.72. The summed E-state index contributed by atoms with van der Waals surface area (Å²) in [4.78, 5) is 9.62. The van der Waals surface area contributed by atoms with Gasteiger partial charge in [-0.15, -0.1) is 0 Å². The summed E-state index contributed by atoms with van der Waals surface area (Å²) in [5.74, 6) is -1.46. The third-order valence-corrected chi connectivity index (χ3v) is 0.728. The fourth-order valence-electron chi connectivity index (χ4n) is 0. The largest absolute Gasteiger partial charge is 0.870 e. The number of hydrogen-bond donors (Lipinski definition) is 1. The highest BCUT2D eigenvalue weighted by Crippen LogP contribution is 2.25. The smallest absolute Gasteiger partial charge is 0.356 e. The predicted octanol–water partition coefficient (Wildman–Crippen LogP) is 1.59. The van der Waals surface area contributed by atoms with Gasteiger partial charge in [-0.3, -0.25) is 0 Å². The lowest BCUT2D eigenvalue weighted by atomic mass is 10.8. The van der Waals surface area contributed by atoms with Gasteiger partial charge in [-0.2, -0.15) is 0 Å². The molecular formula is C6H14Cl3NO3. The summed E-state index contributed by atoms with van der Waals surface area (Å²) in [6, 6.07) is 0. The highest BCUT2D eigenvalue weighted by Gasteiger charge is 2.29. The standard InChI is InChI=1S/C4H12N.C2HCl3O2.H2O/c1-5(2,3)4;3-2(4,5)1(6)7;/h1-4H3;(H,6,7);1H2/q+1;;/p-1. The monoisotopic (exact) mass is 253 g/mol. The molecule has 0 heterocycles. The number of nitrogens with zero attached hydrogens (tertiary/aromatic N) is 1. The van der Waals surface area contributed by atoms with Crippen molar-refractivity contribution in [2.24, 2.45) is 0 Å². The molecule has 0 unspecified atom stereocenters. The Balaban J connectivity index is -0.000000150. The average Bonchev–Trinajstić information content (AvgIpc) is 1.55. The molecular weight excluding hydrogens is 240 g/mol. The summed E-state index contributed by atoms with van der Waals surface area (Å²) in [7, 11) is 8.50. The molecule has 0 rings (SSSR count). The van der Waals surface area contributed by atoms with Crippen LogP contribution in [0, 0.1) is 0 Å². The Labute approximate surface area is 92.9 Å². The van der Waals surface area contributed by atoms with Gasteiger partial charge >= 0.3 is 5.97 Å². The Morgan fingerprint density at radius 2 is 1.23 bits per heavy atom. The van der Waals surface area contributed by atoms with E-state index in [-0.39, 0.29) is 5.48 Å². The molecule has 7 heteroatoms. The van der Waals surface area contributed by atoms with Gasteiger partial charge in [0.2, 0.25) is 0 Å². The van der Waals surface area contributed by atoms with E-state index < -0.39 is 9.76 Å². The molecule has 0 aliphatic rings. The molecule has 0 aliphatic carbocycles. The maximum Gasteiger partial charge on any atom is 0.356 e. The number of alkyl halides is 3. The lowest BCUT2D eigenvalue weighted by molar-refractivity contribution is -0.849. The first-order chi connectivity index (χ1) is 4.94. The molecule has 0 aromatic heterocycles. The number of rotatable bonds is 0. The summed E-state index contributed by atoms with van der Waals surface area (Å²) in [5, 5.41) is 7.85. The average molecular weight is 255 g/mol. The number of carboxylic acids is 1. The molecule has 0 radical (unpaired) electrons. The molecule has 0 aliphatic heterocycles. The van der Waals surface area contributed by atoms with Crippen molar-refractivity contribution in [2.75, 3.05) is 28.2 Å². The molecule has 82 valence electrons. The van der Waals surface area contributed by atoms with Crippen LogP contribution in [0.25, 0.3) is 0 Å². The first-order valence-electron chi connectivity index (χ1n) is 3.03. The van der Waals surface area contributed by atoms with Crippen molar-refractivity contribution < 1.29 is 19.9 Å². The lowest BCUT2D eigenvalue weighted by Gasteiger charge is -2.14. The van der Waals surface area contributed by atoms with Crippen LogP contribution in [0.15, 0.2) is 0 Å². The number of carboxylic acid groups (broad SMARTS) is 1. The van der Waals surface area contributed by atoms with E-state index in [2.05, 4.69) is 28.2 Å². The van der Waals surface area contributed by atoms with E-state index in [0.29, 0.717) is 0 Å². The van der Waals surface area contributed by atoms with Crippen LogP contribution in [0.1, 0.15) is 0 Å². The van der Waals surface area contributed by atoms with E-state index in [1.54, 1.807) is 0 Å². The summed E-state index contributed by atoms with van der Waals surface area (Å²) in [6.07, 6.45) is 0. The molecule has 0 atom stereocenters. The molecule has 0 fully saturated rings. The van der Waals surface area contributed by atoms with E-state index >= 15 is 0 Å². The number of halogens is 3. The quantitative estimate of drug-likeness (QED) is 0.527. The number of aliphatic carboxylic acids is 1. The van der Waals surface area contributed by atoms with Gasteiger partial charge in [0.05, 0.1) is 28.2 Å². The van der Waals surface area contributed by atoms with Crippen LogP contribution >= 0.6 is 34.8 Å². The fraction of sp³-hybridized carbons (Fsp3) is 0.833. The van der Waals surface area contributed by atoms with E-state index in [0.717, 1.165) is 4.48 Å². The Morgan fingerprint density at radius 3 is 1.23 bits per heavy atom. The van der Waals surface area contributed by atoms with Crippen molar-refractivity contribution in [3.8, 4) is 0 Å². The molecule has 2 N–H and O–H groups in total. The third kappa shape index (κ3) is 32.9. The van der Waals surface area contributed by atoms with Crippen LogP contribution in [0.4, 0.5) is 0 Å². The molecule has 0 saturated carbocycles. The van der Waals surface area contributed by atoms with Crippen LogP contribution in [0.2, 0.25) is 0 Å². The zero-order chi connectivity index (χ0) is 10.6. The van der Waals surface area contributed by atoms with Crippen molar-refractivity contribution >= 4 is 40.8 Å². The SMILES string of the molecule is C[N+](C)(C)C.O=C(O)C(Cl)(Cl)Cl.[OH-]. The highest BCUT2D eigenvalue weighted by molar-refractivity contribution is 6.75. The lowest BCUT2D eigenvalue weighted by Crippen LogP contribution is -2.27. The molecule has 0 spiro atoms. The molecule has 13 heavy (non-hydrogen) atoms. The number of hydrogen-bond acceptors (Lipinski definition) is 2. The molecule has 0 amide bonds. The summed E-state index contributed by atoms with van der Waals surface area (Å²) in [6.45, 7) is 0. The topological polar surface area (TPSA) is 67.3 Å². The number of quaternary nitrogens is 1. The summed E-state index contributed by atoms with van der Waals surface area (Å²) >= 11 is 14.4. The minimum absolute atomic E-state index is 0. The maximum atomic E-state index is 9.62. The van der Waals surface area contributed by atoms with Crippen molar-refractivity contribution in [1.29, 1.82) is 0 Å². The zero-order valence-electron chi connectivity index (χ0n) is 7.88. The van der Waals surface area contributed by atoms with Crippen LogP contribution < -0.4 is 0 Å². The van der Waals surface area contributed by atoms with Gasteiger partial charge in [0.25, 0.3) is 3.79 Å². The zero-order valence-corrected chi connectivity index (χ0v) is 10.2. The van der Waals surface area contributed by atoms with Gasteiger partial charge in [-0.05, 0) is 0 Å². The van der Waals surface area contributed by atoms with E-state index in [4.69, 9.17) is 39.9 Å². The molecule has 4 nitrogen and oxygen atoms in total. The van der Waals surface area contributed by atoms with Gasteiger partial charge in [-0.25, -0.2) is 4.79 Å². The van der Waals surface area contributed by atoms with E-state index in [1.165, 1.54) is 0 Å². The van der Waals surface area contributed by atoms with Crippen molar-refractivity contribution in [1.82, 2.24) is 0 Å². The van der Waals surface area contributed by atoms with E-state index in [1.807, 2.05) is 0 Å². The Bertz CT molecular complexity index is 144. The van der Waals surface area contributed by atoms with Crippen LogP contribution in [-0.2, 0) is 4.79 Å². The second-order valence-electron chi connectivity index (χ2n) is 3.49. The fourth-order valence-corrected chi connectivity index (χ4v) is 0. The van der Waals surface area contributed by atoms with Gasteiger partial charge in [0.1, 0.15) is 0 Å². The minimum atomic E-state index is -2.17. The predicted molar refractivity (Wildman–Crippen MR) is 53.8 cm³/mol. The molecule has 0 bridgehead atoms. The minimum Gasteiger partial charge on any atom is -0.870 e. The van der Waals surface area contributed by atoms with E-state index in [9.17, 15) is 4.79 Å². The van der Waals surface area contributed by atoms with Gasteiger partial charge in [-0.1, -0.05) is 34.8 Å². The molecule has 0 saturated heterocycles. The first-order valence-corrected chi connectivity index (χ1v) is 4.17. The van der Waals surface area contributed by atoms with Crippen LogP contribution in [0.5, 0.6) is 0 Å². The summed E-state index contributed by atoms with van der Waals surface area (Å²) < 4.78 is -1.17. The van der Waals surface area contributed by atoms with Crippen molar-refractivity contribution in [3.05, 3.63) is 0 Å². The molecule has 0 aromatic rings. The normalized spacial score (nSPS) is 10.7. The second-order valence-corrected chi connectivity index (χ2v) is 5.77. The van der Waals surface area contributed by atoms with Crippen molar-refractivity contribution in [2.45, 2.75) is 3.79 Å². The van der Waals surface area contributed by atoms with Gasteiger partial charge < -0.3 is 15.1 Å². The van der Waals surface area contributed by atoms with Gasteiger partial charge in [0, 0.05) is 0 Å². The number of carbonyl (C=O) groups is 1. The second kappa shape index (κ2) is 6.68. The molecule has 0 aromatic carbocycles. The third-order valence-electron chi connectivity index (χ3n) is 0.243. The Morgan fingerprint density at radius 1 is 1.15 bits per heavy atom. The first kappa shape index (κ1) is 18.9. The van der Waals surface area contributed by atoms with Crippen molar-refractivity contribution in [3.63, 3.8) is 0 Å². The van der Waals surface area contributed by atoms with Crippen LogP contribution in [-0.4, -0.2) is 53.0 Å². The van der Waals surface area contributed by atoms with Gasteiger partial charge in [0.15, 0.2) is 0 Å². The maximum absolute atomic E-state index is 9.62. The Hall–Kier alpha value is 0.260. The highest BCUT2D eigenvalue weighted by atomic mass is 35.6. The summed E-state index contributed by atoms with van der Waals surface area (Å²) in [5.41, 5.74) is 0. The van der Waals surface area contributed by atoms with Crippen LogP contribution in [0.3, 0.4) is 0 Å².